The molecule has 1 aliphatic heterocycles. The zero-order valence-corrected chi connectivity index (χ0v) is 11.8. The number of hydrogen-bond acceptors (Lipinski definition) is 4. The maximum absolute atomic E-state index is 11.9. The van der Waals surface area contributed by atoms with Crippen LogP contribution in [0.4, 0.5) is 5.69 Å². The van der Waals surface area contributed by atoms with Gasteiger partial charge in [0.15, 0.2) is 0 Å². The Labute approximate surface area is 123 Å². The third-order valence-corrected chi connectivity index (χ3v) is 3.31. The van der Waals surface area contributed by atoms with Crippen molar-refractivity contribution in [3.05, 3.63) is 39.9 Å². The van der Waals surface area contributed by atoms with Gasteiger partial charge in [-0.05, 0) is 19.4 Å². The lowest BCUT2D eigenvalue weighted by Gasteiger charge is -2.21. The number of hydrogen-bond donors (Lipinski definition) is 2. The van der Waals surface area contributed by atoms with Crippen LogP contribution in [0.25, 0.3) is 0 Å². The van der Waals surface area contributed by atoms with E-state index < -0.39 is 4.92 Å². The van der Waals surface area contributed by atoms with E-state index in [1.807, 2.05) is 0 Å². The molecule has 1 saturated heterocycles. The Balaban J connectivity index is 0.00000200. The van der Waals surface area contributed by atoms with Gasteiger partial charge in [0.1, 0.15) is 0 Å². The second-order valence-corrected chi connectivity index (χ2v) is 4.65. The Bertz CT molecular complexity index is 476. The standard InChI is InChI=1S/C13H17N3O3.ClH/c17-13(11-5-3-7-14-8-11)15-9-10-4-1-2-6-12(10)16(18)19;/h1-2,4,6,11,14H,3,5,7-9H2,(H,15,17);1H. The number of nitro groups is 1. The summed E-state index contributed by atoms with van der Waals surface area (Å²) in [4.78, 5) is 22.4. The largest absolute Gasteiger partial charge is 0.351 e. The van der Waals surface area contributed by atoms with Gasteiger partial charge >= 0.3 is 0 Å². The summed E-state index contributed by atoms with van der Waals surface area (Å²) >= 11 is 0. The molecular formula is C13H18ClN3O3. The van der Waals surface area contributed by atoms with Crippen LogP contribution in [0.5, 0.6) is 0 Å². The van der Waals surface area contributed by atoms with Gasteiger partial charge in [-0.2, -0.15) is 0 Å². The molecule has 1 unspecified atom stereocenters. The number of nitro benzene ring substituents is 1. The molecule has 1 atom stereocenters. The van der Waals surface area contributed by atoms with Crippen molar-refractivity contribution in [3.8, 4) is 0 Å². The van der Waals surface area contributed by atoms with E-state index in [0.29, 0.717) is 12.1 Å². The van der Waals surface area contributed by atoms with Gasteiger partial charge in [0.2, 0.25) is 5.91 Å². The van der Waals surface area contributed by atoms with Crippen LogP contribution in [0.3, 0.4) is 0 Å². The van der Waals surface area contributed by atoms with Crippen LogP contribution in [-0.2, 0) is 11.3 Å². The quantitative estimate of drug-likeness (QED) is 0.654. The first-order valence-corrected chi connectivity index (χ1v) is 6.39. The summed E-state index contributed by atoms with van der Waals surface area (Å²) < 4.78 is 0. The maximum atomic E-state index is 11.9. The van der Waals surface area contributed by atoms with Crippen LogP contribution in [0.1, 0.15) is 18.4 Å². The molecule has 7 heteroatoms. The van der Waals surface area contributed by atoms with Crippen molar-refractivity contribution in [2.45, 2.75) is 19.4 Å². The number of piperidine rings is 1. The van der Waals surface area contributed by atoms with Crippen molar-refractivity contribution in [2.75, 3.05) is 13.1 Å². The van der Waals surface area contributed by atoms with E-state index >= 15 is 0 Å². The Morgan fingerprint density at radius 3 is 2.85 bits per heavy atom. The topological polar surface area (TPSA) is 84.3 Å². The molecule has 2 N–H and O–H groups in total. The lowest BCUT2D eigenvalue weighted by Crippen LogP contribution is -2.40. The zero-order valence-electron chi connectivity index (χ0n) is 11.0. The number of benzene rings is 1. The molecular weight excluding hydrogens is 282 g/mol. The van der Waals surface area contributed by atoms with Crippen LogP contribution in [0.2, 0.25) is 0 Å². The van der Waals surface area contributed by atoms with Crippen LogP contribution in [0.15, 0.2) is 24.3 Å². The van der Waals surface area contributed by atoms with E-state index in [-0.39, 0.29) is 36.5 Å². The van der Waals surface area contributed by atoms with Gasteiger partial charge < -0.3 is 10.6 Å². The van der Waals surface area contributed by atoms with Crippen LogP contribution >= 0.6 is 12.4 Å². The normalized spacial score (nSPS) is 17.9. The fourth-order valence-electron chi connectivity index (χ4n) is 2.24. The van der Waals surface area contributed by atoms with Gasteiger partial charge in [0.25, 0.3) is 5.69 Å². The number of amides is 1. The molecule has 1 aromatic rings. The molecule has 1 amide bonds. The molecule has 0 aromatic heterocycles. The number of halogens is 1. The minimum absolute atomic E-state index is 0. The Kier molecular flexibility index (Phi) is 6.41. The van der Waals surface area contributed by atoms with Gasteiger partial charge in [0.05, 0.1) is 10.8 Å². The summed E-state index contributed by atoms with van der Waals surface area (Å²) in [5, 5.41) is 16.8. The molecule has 0 bridgehead atoms. The molecule has 1 aromatic carbocycles. The summed E-state index contributed by atoms with van der Waals surface area (Å²) in [6.07, 6.45) is 1.86. The molecule has 0 radical (unpaired) electrons. The van der Waals surface area contributed by atoms with Crippen LogP contribution in [-0.4, -0.2) is 23.9 Å². The third-order valence-electron chi connectivity index (χ3n) is 3.31. The van der Waals surface area contributed by atoms with E-state index in [0.717, 1.165) is 19.4 Å². The smallest absolute Gasteiger partial charge is 0.274 e. The van der Waals surface area contributed by atoms with Gasteiger partial charge in [-0.1, -0.05) is 18.2 Å². The molecule has 1 fully saturated rings. The van der Waals surface area contributed by atoms with Crippen LogP contribution in [0, 0.1) is 16.0 Å². The number of carbonyl (C=O) groups is 1. The van der Waals surface area contributed by atoms with Crippen molar-refractivity contribution in [1.82, 2.24) is 10.6 Å². The van der Waals surface area contributed by atoms with E-state index in [9.17, 15) is 14.9 Å². The van der Waals surface area contributed by atoms with Crippen molar-refractivity contribution < 1.29 is 9.72 Å². The molecule has 0 saturated carbocycles. The molecule has 20 heavy (non-hydrogen) atoms. The SMILES string of the molecule is Cl.O=C(NCc1ccccc1[N+](=O)[O-])C1CCCNC1. The fourth-order valence-corrected chi connectivity index (χ4v) is 2.24. The van der Waals surface area contributed by atoms with Gasteiger partial charge in [-0.15, -0.1) is 12.4 Å². The third kappa shape index (κ3) is 4.18. The van der Waals surface area contributed by atoms with E-state index in [1.54, 1.807) is 18.2 Å². The van der Waals surface area contributed by atoms with Crippen molar-refractivity contribution >= 4 is 24.0 Å². The first-order chi connectivity index (χ1) is 9.18. The Morgan fingerprint density at radius 1 is 1.45 bits per heavy atom. The van der Waals surface area contributed by atoms with Crippen molar-refractivity contribution in [1.29, 1.82) is 0 Å². The summed E-state index contributed by atoms with van der Waals surface area (Å²) in [6.45, 7) is 1.84. The number of rotatable bonds is 4. The molecule has 2 rings (SSSR count). The van der Waals surface area contributed by atoms with Crippen molar-refractivity contribution in [2.24, 2.45) is 5.92 Å². The monoisotopic (exact) mass is 299 g/mol. The second-order valence-electron chi connectivity index (χ2n) is 4.65. The second kappa shape index (κ2) is 7.81. The first kappa shape index (κ1) is 16.4. The Morgan fingerprint density at radius 2 is 2.20 bits per heavy atom. The highest BCUT2D eigenvalue weighted by Gasteiger charge is 2.21. The number of carbonyl (C=O) groups excluding carboxylic acids is 1. The van der Waals surface area contributed by atoms with Crippen LogP contribution < -0.4 is 10.6 Å². The minimum atomic E-state index is -0.427. The Hall–Kier alpha value is -1.66. The molecule has 1 aliphatic rings. The van der Waals surface area contributed by atoms with Gasteiger partial charge in [-0.3, -0.25) is 14.9 Å². The summed E-state index contributed by atoms with van der Waals surface area (Å²) in [7, 11) is 0. The maximum Gasteiger partial charge on any atom is 0.274 e. The lowest BCUT2D eigenvalue weighted by molar-refractivity contribution is -0.385. The van der Waals surface area contributed by atoms with E-state index in [2.05, 4.69) is 10.6 Å². The molecule has 0 spiro atoms. The minimum Gasteiger partial charge on any atom is -0.351 e. The molecule has 1 heterocycles. The predicted octanol–water partition coefficient (Wildman–Crippen LogP) is 1.63. The van der Waals surface area contributed by atoms with Gasteiger partial charge in [0, 0.05) is 24.7 Å². The zero-order chi connectivity index (χ0) is 13.7. The highest BCUT2D eigenvalue weighted by atomic mass is 35.5. The summed E-state index contributed by atoms with van der Waals surface area (Å²) in [5.74, 6) is -0.0677. The van der Waals surface area contributed by atoms with E-state index in [4.69, 9.17) is 0 Å². The van der Waals surface area contributed by atoms with E-state index in [1.165, 1.54) is 6.07 Å². The highest BCUT2D eigenvalue weighted by molar-refractivity contribution is 5.85. The number of nitrogens with one attached hydrogen (secondary N) is 2. The summed E-state index contributed by atoms with van der Waals surface area (Å²) in [5.41, 5.74) is 0.578. The fraction of sp³-hybridized carbons (Fsp3) is 0.462. The highest BCUT2D eigenvalue weighted by Crippen LogP contribution is 2.17. The number of para-hydroxylation sites is 1. The molecule has 0 aliphatic carbocycles. The molecule has 6 nitrogen and oxygen atoms in total. The summed E-state index contributed by atoms with van der Waals surface area (Å²) in [6, 6.07) is 6.46. The lowest BCUT2D eigenvalue weighted by atomic mass is 9.99. The average molecular weight is 300 g/mol. The predicted molar refractivity (Wildman–Crippen MR) is 77.8 cm³/mol. The first-order valence-electron chi connectivity index (χ1n) is 6.39. The number of nitrogens with zero attached hydrogens (tertiary/aromatic N) is 1. The van der Waals surface area contributed by atoms with Crippen molar-refractivity contribution in [3.63, 3.8) is 0 Å². The average Bonchev–Trinajstić information content (AvgIpc) is 2.46. The van der Waals surface area contributed by atoms with Gasteiger partial charge in [-0.25, -0.2) is 0 Å². The molecule has 110 valence electrons.